The van der Waals surface area contributed by atoms with Crippen molar-refractivity contribution in [1.29, 1.82) is 0 Å². The van der Waals surface area contributed by atoms with Crippen LogP contribution in [0.2, 0.25) is 0 Å². The zero-order valence-corrected chi connectivity index (χ0v) is 11.1. The van der Waals surface area contributed by atoms with Crippen LogP contribution in [-0.4, -0.2) is 23.3 Å². The Kier molecular flexibility index (Phi) is 3.78. The number of benzene rings is 1. The Bertz CT molecular complexity index is 540. The van der Waals surface area contributed by atoms with Crippen LogP contribution < -0.4 is 4.90 Å². The topological polar surface area (TPSA) is 46.6 Å². The fraction of sp³-hybridized carbons (Fsp3) is 0.0833. The van der Waals surface area contributed by atoms with Gasteiger partial charge in [-0.2, -0.15) is 0 Å². The summed E-state index contributed by atoms with van der Waals surface area (Å²) in [4.78, 5) is 24.9. The van der Waals surface area contributed by atoms with E-state index < -0.39 is 5.97 Å². The molecule has 0 bridgehead atoms. The maximum atomic E-state index is 12.1. The van der Waals surface area contributed by atoms with E-state index in [-0.39, 0.29) is 10.8 Å². The molecule has 92 valence electrons. The highest BCUT2D eigenvalue weighted by Crippen LogP contribution is 2.34. The Hall–Kier alpha value is -1.66. The quantitative estimate of drug-likeness (QED) is 0.471. The normalized spacial score (nSPS) is 17.4. The van der Waals surface area contributed by atoms with Gasteiger partial charge in [-0.15, -0.1) is 0 Å². The van der Waals surface area contributed by atoms with E-state index in [2.05, 4.69) is 4.74 Å². The third-order valence-electron chi connectivity index (χ3n) is 2.26. The number of hydrogen-bond donors (Lipinski definition) is 0. The molecule has 1 heterocycles. The number of nitrogens with zero attached hydrogens (tertiary/aromatic N) is 1. The van der Waals surface area contributed by atoms with Crippen molar-refractivity contribution in [3.63, 3.8) is 0 Å². The third-order valence-corrected chi connectivity index (χ3v) is 3.56. The van der Waals surface area contributed by atoms with Crippen LogP contribution in [-0.2, 0) is 14.3 Å². The molecule has 4 nitrogen and oxygen atoms in total. The van der Waals surface area contributed by atoms with Gasteiger partial charge in [-0.1, -0.05) is 42.2 Å². The number of esters is 1. The van der Waals surface area contributed by atoms with Crippen LogP contribution in [0, 0.1) is 0 Å². The van der Waals surface area contributed by atoms with Gasteiger partial charge in [0.05, 0.1) is 17.7 Å². The lowest BCUT2D eigenvalue weighted by Crippen LogP contribution is -2.27. The molecule has 0 atom stereocenters. The number of ether oxygens (including phenoxy) is 1. The first-order valence-electron chi connectivity index (χ1n) is 5.04. The van der Waals surface area contributed by atoms with Gasteiger partial charge in [0.25, 0.3) is 5.91 Å². The van der Waals surface area contributed by atoms with Crippen molar-refractivity contribution in [2.75, 3.05) is 12.0 Å². The highest BCUT2D eigenvalue weighted by molar-refractivity contribution is 8.27. The van der Waals surface area contributed by atoms with Crippen LogP contribution in [0.25, 0.3) is 0 Å². The number of hydrogen-bond acceptors (Lipinski definition) is 5. The first-order valence-corrected chi connectivity index (χ1v) is 6.27. The molecule has 1 aromatic carbocycles. The molecule has 0 spiro atoms. The standard InChI is InChI=1S/C12H9NO3S2/c1-16-10(14)7-9-11(15)13(12(17)18-9)8-5-3-2-4-6-8/h2-7H,1H3/b9-7+. The minimum atomic E-state index is -0.566. The van der Waals surface area contributed by atoms with E-state index >= 15 is 0 Å². The van der Waals surface area contributed by atoms with Gasteiger partial charge >= 0.3 is 5.97 Å². The Morgan fingerprint density at radius 3 is 2.67 bits per heavy atom. The summed E-state index contributed by atoms with van der Waals surface area (Å²) >= 11 is 6.23. The average molecular weight is 279 g/mol. The molecule has 1 saturated heterocycles. The van der Waals surface area contributed by atoms with Crippen LogP contribution in [0.1, 0.15) is 0 Å². The van der Waals surface area contributed by atoms with E-state index in [1.165, 1.54) is 12.0 Å². The van der Waals surface area contributed by atoms with E-state index in [9.17, 15) is 9.59 Å². The summed E-state index contributed by atoms with van der Waals surface area (Å²) in [6.07, 6.45) is 1.15. The minimum Gasteiger partial charge on any atom is -0.466 e. The van der Waals surface area contributed by atoms with Crippen LogP contribution in [0.5, 0.6) is 0 Å². The molecule has 6 heteroatoms. The molecule has 1 aliphatic heterocycles. The van der Waals surface area contributed by atoms with Crippen molar-refractivity contribution < 1.29 is 14.3 Å². The van der Waals surface area contributed by atoms with Crippen molar-refractivity contribution in [2.24, 2.45) is 0 Å². The number of thioether (sulfide) groups is 1. The SMILES string of the molecule is COC(=O)/C=C1/SC(=S)N(c2ccccc2)C1=O. The van der Waals surface area contributed by atoms with Gasteiger partial charge in [0.2, 0.25) is 0 Å². The molecule has 1 amide bonds. The van der Waals surface area contributed by atoms with Crippen LogP contribution in [0.3, 0.4) is 0 Å². The van der Waals surface area contributed by atoms with Crippen LogP contribution in [0.15, 0.2) is 41.3 Å². The second kappa shape index (κ2) is 5.32. The fourth-order valence-corrected chi connectivity index (χ4v) is 2.69. The lowest BCUT2D eigenvalue weighted by Gasteiger charge is -2.13. The number of thiocarbonyl (C=S) groups is 1. The molecular weight excluding hydrogens is 270 g/mol. The molecule has 0 aliphatic carbocycles. The predicted molar refractivity (Wildman–Crippen MR) is 74.2 cm³/mol. The fourth-order valence-electron chi connectivity index (χ4n) is 1.43. The van der Waals surface area contributed by atoms with E-state index in [0.29, 0.717) is 10.0 Å². The number of carbonyl (C=O) groups is 2. The second-order valence-corrected chi connectivity index (χ2v) is 5.05. The maximum absolute atomic E-state index is 12.1. The average Bonchev–Trinajstić information content (AvgIpc) is 2.65. The lowest BCUT2D eigenvalue weighted by molar-refractivity contribution is -0.135. The monoisotopic (exact) mass is 279 g/mol. The molecule has 0 aromatic heterocycles. The molecule has 0 N–H and O–H groups in total. The van der Waals surface area contributed by atoms with E-state index in [4.69, 9.17) is 12.2 Å². The Balaban J connectivity index is 2.31. The summed E-state index contributed by atoms with van der Waals surface area (Å²) < 4.78 is 4.90. The van der Waals surface area contributed by atoms with Gasteiger partial charge < -0.3 is 4.74 Å². The highest BCUT2D eigenvalue weighted by atomic mass is 32.2. The van der Waals surface area contributed by atoms with Crippen LogP contribution in [0.4, 0.5) is 5.69 Å². The van der Waals surface area contributed by atoms with Crippen molar-refractivity contribution in [2.45, 2.75) is 0 Å². The number of rotatable bonds is 2. The van der Waals surface area contributed by atoms with Gasteiger partial charge in [-0.25, -0.2) is 4.79 Å². The highest BCUT2D eigenvalue weighted by Gasteiger charge is 2.33. The van der Waals surface area contributed by atoms with Crippen LogP contribution >= 0.6 is 24.0 Å². The minimum absolute atomic E-state index is 0.274. The van der Waals surface area contributed by atoms with E-state index in [1.54, 1.807) is 12.1 Å². The third kappa shape index (κ3) is 2.44. The zero-order chi connectivity index (χ0) is 13.1. The zero-order valence-electron chi connectivity index (χ0n) is 9.45. The van der Waals surface area contributed by atoms with Crippen molar-refractivity contribution in [1.82, 2.24) is 0 Å². The molecule has 1 aliphatic rings. The molecule has 18 heavy (non-hydrogen) atoms. The lowest BCUT2D eigenvalue weighted by atomic mass is 10.3. The number of carbonyl (C=O) groups excluding carboxylic acids is 2. The number of para-hydroxylation sites is 1. The Morgan fingerprint density at radius 1 is 1.39 bits per heavy atom. The first-order chi connectivity index (χ1) is 8.63. The summed E-state index contributed by atoms with van der Waals surface area (Å²) in [5.74, 6) is -0.870. The summed E-state index contributed by atoms with van der Waals surface area (Å²) in [5, 5.41) is 0. The van der Waals surface area contributed by atoms with Gasteiger partial charge in [0, 0.05) is 6.08 Å². The maximum Gasteiger partial charge on any atom is 0.331 e. The van der Waals surface area contributed by atoms with Gasteiger partial charge in [-0.3, -0.25) is 9.69 Å². The molecule has 1 aromatic rings. The summed E-state index contributed by atoms with van der Waals surface area (Å²) in [5.41, 5.74) is 0.688. The van der Waals surface area contributed by atoms with Crippen molar-refractivity contribution in [3.05, 3.63) is 41.3 Å². The number of amides is 1. The molecule has 0 radical (unpaired) electrons. The summed E-state index contributed by atoms with van der Waals surface area (Å²) in [6, 6.07) is 9.05. The first kappa shape index (κ1) is 12.8. The molecule has 0 saturated carbocycles. The summed E-state index contributed by atoms with van der Waals surface area (Å²) in [7, 11) is 1.26. The van der Waals surface area contributed by atoms with Crippen molar-refractivity contribution in [3.8, 4) is 0 Å². The van der Waals surface area contributed by atoms with Crippen molar-refractivity contribution >= 4 is 45.9 Å². The number of anilines is 1. The predicted octanol–water partition coefficient (Wildman–Crippen LogP) is 2.11. The van der Waals surface area contributed by atoms with Gasteiger partial charge in [-0.05, 0) is 12.1 Å². The van der Waals surface area contributed by atoms with Gasteiger partial charge in [0.1, 0.15) is 0 Å². The summed E-state index contributed by atoms with van der Waals surface area (Å²) in [6.45, 7) is 0. The Labute approximate surface area is 114 Å². The number of methoxy groups -OCH3 is 1. The molecular formula is C12H9NO3S2. The smallest absolute Gasteiger partial charge is 0.331 e. The largest absolute Gasteiger partial charge is 0.466 e. The van der Waals surface area contributed by atoms with E-state index in [1.807, 2.05) is 18.2 Å². The van der Waals surface area contributed by atoms with Gasteiger partial charge in [0.15, 0.2) is 4.32 Å². The van der Waals surface area contributed by atoms with E-state index in [0.717, 1.165) is 17.8 Å². The molecule has 0 unspecified atom stereocenters. The second-order valence-electron chi connectivity index (χ2n) is 3.38. The molecule has 2 rings (SSSR count). The molecule has 1 fully saturated rings. The Morgan fingerprint density at radius 2 is 2.06 bits per heavy atom.